The van der Waals surface area contributed by atoms with Crippen LogP contribution in [0.5, 0.6) is 5.75 Å². The largest absolute Gasteiger partial charge is 0.492 e. The van der Waals surface area contributed by atoms with E-state index in [0.717, 1.165) is 0 Å². The lowest BCUT2D eigenvalue weighted by atomic mass is 10.1. The quantitative estimate of drug-likeness (QED) is 0.444. The summed E-state index contributed by atoms with van der Waals surface area (Å²) in [7, 11) is 0. The SMILES string of the molecule is CCOc1ccccc1NC(=O)[C@H](OC(=O)c1ccc(C=O)cc1)c1ccccc1. The fourth-order valence-corrected chi connectivity index (χ4v) is 2.82. The second-order valence-electron chi connectivity index (χ2n) is 6.35. The Morgan fingerprint density at radius 1 is 0.933 bits per heavy atom. The molecule has 152 valence electrons. The first-order valence-electron chi connectivity index (χ1n) is 9.46. The zero-order chi connectivity index (χ0) is 21.3. The minimum Gasteiger partial charge on any atom is -0.492 e. The van der Waals surface area contributed by atoms with E-state index >= 15 is 0 Å². The third-order valence-corrected chi connectivity index (χ3v) is 4.29. The summed E-state index contributed by atoms with van der Waals surface area (Å²) in [5.74, 6) is -0.656. The predicted octanol–water partition coefficient (Wildman–Crippen LogP) is 4.43. The van der Waals surface area contributed by atoms with Gasteiger partial charge in [0.25, 0.3) is 5.91 Å². The smallest absolute Gasteiger partial charge is 0.339 e. The summed E-state index contributed by atoms with van der Waals surface area (Å²) >= 11 is 0. The second kappa shape index (κ2) is 10.0. The van der Waals surface area contributed by atoms with Crippen LogP contribution in [0.3, 0.4) is 0 Å². The Labute approximate surface area is 174 Å². The number of carbonyl (C=O) groups is 3. The summed E-state index contributed by atoms with van der Waals surface area (Å²) in [4.78, 5) is 36.5. The molecule has 0 aliphatic heterocycles. The molecular weight excluding hydrogens is 382 g/mol. The first-order valence-corrected chi connectivity index (χ1v) is 9.46. The van der Waals surface area contributed by atoms with Gasteiger partial charge in [-0.15, -0.1) is 0 Å². The number of nitrogens with one attached hydrogen (secondary N) is 1. The van der Waals surface area contributed by atoms with Crippen LogP contribution in [0.4, 0.5) is 5.69 Å². The number of hydrogen-bond donors (Lipinski definition) is 1. The summed E-state index contributed by atoms with van der Waals surface area (Å²) in [5, 5.41) is 2.78. The second-order valence-corrected chi connectivity index (χ2v) is 6.35. The maximum absolute atomic E-state index is 13.0. The highest BCUT2D eigenvalue weighted by Gasteiger charge is 2.26. The van der Waals surface area contributed by atoms with E-state index in [9.17, 15) is 14.4 Å². The third-order valence-electron chi connectivity index (χ3n) is 4.29. The molecule has 3 rings (SSSR count). The van der Waals surface area contributed by atoms with E-state index in [1.54, 1.807) is 48.5 Å². The number of aldehydes is 1. The van der Waals surface area contributed by atoms with Gasteiger partial charge in [0.15, 0.2) is 0 Å². The summed E-state index contributed by atoms with van der Waals surface area (Å²) in [6.45, 7) is 2.30. The van der Waals surface area contributed by atoms with Gasteiger partial charge in [-0.2, -0.15) is 0 Å². The fourth-order valence-electron chi connectivity index (χ4n) is 2.82. The van der Waals surface area contributed by atoms with Crippen molar-refractivity contribution in [2.24, 2.45) is 0 Å². The normalized spacial score (nSPS) is 11.2. The Morgan fingerprint density at radius 2 is 1.60 bits per heavy atom. The van der Waals surface area contributed by atoms with Gasteiger partial charge in [-0.05, 0) is 31.2 Å². The molecule has 3 aromatic rings. The molecule has 6 nitrogen and oxygen atoms in total. The van der Waals surface area contributed by atoms with Gasteiger partial charge < -0.3 is 14.8 Å². The molecule has 1 atom stereocenters. The Hall–Kier alpha value is -3.93. The van der Waals surface area contributed by atoms with Crippen LogP contribution in [0.25, 0.3) is 0 Å². The number of rotatable bonds is 8. The van der Waals surface area contributed by atoms with Gasteiger partial charge in [-0.25, -0.2) is 4.79 Å². The Kier molecular flexibility index (Phi) is 6.95. The maximum Gasteiger partial charge on any atom is 0.339 e. The van der Waals surface area contributed by atoms with Crippen LogP contribution in [0.2, 0.25) is 0 Å². The maximum atomic E-state index is 13.0. The van der Waals surface area contributed by atoms with Crippen molar-refractivity contribution in [3.8, 4) is 5.75 Å². The van der Waals surface area contributed by atoms with Crippen molar-refractivity contribution in [2.45, 2.75) is 13.0 Å². The molecule has 0 radical (unpaired) electrons. The molecule has 0 spiro atoms. The molecule has 0 saturated carbocycles. The number of amides is 1. The van der Waals surface area contributed by atoms with Crippen LogP contribution < -0.4 is 10.1 Å². The third kappa shape index (κ3) is 5.11. The predicted molar refractivity (Wildman–Crippen MR) is 113 cm³/mol. The van der Waals surface area contributed by atoms with E-state index in [1.165, 1.54) is 24.3 Å². The van der Waals surface area contributed by atoms with Crippen molar-refractivity contribution >= 4 is 23.9 Å². The molecule has 3 aromatic carbocycles. The molecule has 0 bridgehead atoms. The number of carbonyl (C=O) groups excluding carboxylic acids is 3. The minimum absolute atomic E-state index is 0.240. The summed E-state index contributed by atoms with van der Waals surface area (Å²) in [6, 6.07) is 21.8. The molecule has 6 heteroatoms. The van der Waals surface area contributed by atoms with E-state index in [1.807, 2.05) is 13.0 Å². The molecule has 0 fully saturated rings. The van der Waals surface area contributed by atoms with Crippen LogP contribution in [0.15, 0.2) is 78.9 Å². The van der Waals surface area contributed by atoms with E-state index in [2.05, 4.69) is 5.32 Å². The summed E-state index contributed by atoms with van der Waals surface area (Å²) in [5.41, 5.74) is 1.69. The molecule has 0 heterocycles. The van der Waals surface area contributed by atoms with E-state index in [4.69, 9.17) is 9.47 Å². The first kappa shape index (κ1) is 20.8. The van der Waals surface area contributed by atoms with E-state index in [0.29, 0.717) is 35.5 Å². The Morgan fingerprint density at radius 3 is 2.27 bits per heavy atom. The highest BCUT2D eigenvalue weighted by Crippen LogP contribution is 2.27. The summed E-state index contributed by atoms with van der Waals surface area (Å²) in [6.07, 6.45) is -0.482. The van der Waals surface area contributed by atoms with Crippen LogP contribution in [0, 0.1) is 0 Å². The monoisotopic (exact) mass is 403 g/mol. The lowest BCUT2D eigenvalue weighted by Crippen LogP contribution is -2.26. The van der Waals surface area contributed by atoms with E-state index in [-0.39, 0.29) is 5.56 Å². The Balaban J connectivity index is 1.84. The van der Waals surface area contributed by atoms with Crippen LogP contribution in [0.1, 0.15) is 39.3 Å². The van der Waals surface area contributed by atoms with Crippen molar-refractivity contribution in [1.82, 2.24) is 0 Å². The number of para-hydroxylation sites is 2. The highest BCUT2D eigenvalue weighted by atomic mass is 16.5. The van der Waals surface area contributed by atoms with E-state index < -0.39 is 18.0 Å². The summed E-state index contributed by atoms with van der Waals surface area (Å²) < 4.78 is 11.1. The average Bonchev–Trinajstić information content (AvgIpc) is 2.79. The molecule has 1 N–H and O–H groups in total. The zero-order valence-electron chi connectivity index (χ0n) is 16.4. The Bertz CT molecular complexity index is 1020. The van der Waals surface area contributed by atoms with Crippen LogP contribution in [-0.4, -0.2) is 24.8 Å². The van der Waals surface area contributed by atoms with Gasteiger partial charge >= 0.3 is 5.97 Å². The molecule has 0 aliphatic carbocycles. The molecule has 0 aromatic heterocycles. The minimum atomic E-state index is -1.17. The number of esters is 1. The van der Waals surface area contributed by atoms with Crippen molar-refractivity contribution in [2.75, 3.05) is 11.9 Å². The number of ether oxygens (including phenoxy) is 2. The van der Waals surface area contributed by atoms with Crippen LogP contribution in [-0.2, 0) is 9.53 Å². The molecule has 30 heavy (non-hydrogen) atoms. The van der Waals surface area contributed by atoms with Crippen molar-refractivity contribution in [3.05, 3.63) is 95.6 Å². The molecule has 0 saturated heterocycles. The lowest BCUT2D eigenvalue weighted by Gasteiger charge is -2.19. The molecule has 0 unspecified atom stereocenters. The molecular formula is C24H21NO5. The lowest BCUT2D eigenvalue weighted by molar-refractivity contribution is -0.125. The average molecular weight is 403 g/mol. The van der Waals surface area contributed by atoms with Gasteiger partial charge in [0, 0.05) is 11.1 Å². The van der Waals surface area contributed by atoms with Crippen molar-refractivity contribution in [1.29, 1.82) is 0 Å². The zero-order valence-corrected chi connectivity index (χ0v) is 16.4. The molecule has 1 amide bonds. The first-order chi connectivity index (χ1) is 14.6. The van der Waals surface area contributed by atoms with Gasteiger partial charge in [0.2, 0.25) is 6.10 Å². The van der Waals surface area contributed by atoms with Crippen LogP contribution >= 0.6 is 0 Å². The van der Waals surface area contributed by atoms with Crippen molar-refractivity contribution in [3.63, 3.8) is 0 Å². The number of benzene rings is 3. The van der Waals surface area contributed by atoms with Gasteiger partial charge in [0.1, 0.15) is 12.0 Å². The standard InChI is InChI=1S/C24H21NO5/c1-2-29-21-11-7-6-10-20(21)25-23(27)22(18-8-4-3-5-9-18)30-24(28)19-14-12-17(16-26)13-15-19/h3-16,22H,2H2,1H3,(H,25,27)/t22-/m1/s1. The number of anilines is 1. The highest BCUT2D eigenvalue weighted by molar-refractivity contribution is 5.99. The van der Waals surface area contributed by atoms with Crippen molar-refractivity contribution < 1.29 is 23.9 Å². The van der Waals surface area contributed by atoms with Gasteiger partial charge in [0.05, 0.1) is 17.9 Å². The fraction of sp³-hybridized carbons (Fsp3) is 0.125. The van der Waals surface area contributed by atoms with Gasteiger partial charge in [-0.3, -0.25) is 9.59 Å². The topological polar surface area (TPSA) is 81.7 Å². The number of hydrogen-bond acceptors (Lipinski definition) is 5. The molecule has 0 aliphatic rings. The van der Waals surface area contributed by atoms with Gasteiger partial charge in [-0.1, -0.05) is 54.6 Å².